The summed E-state index contributed by atoms with van der Waals surface area (Å²) >= 11 is 3.91. The van der Waals surface area contributed by atoms with Gasteiger partial charge in [0, 0.05) is 23.2 Å². The van der Waals surface area contributed by atoms with Crippen molar-refractivity contribution in [2.45, 2.75) is 57.8 Å². The quantitative estimate of drug-likeness (QED) is 0.356. The second kappa shape index (κ2) is 13.8. The maximum absolute atomic E-state index is 11.7. The summed E-state index contributed by atoms with van der Waals surface area (Å²) in [6.45, 7) is 0. The van der Waals surface area contributed by atoms with Crippen LogP contribution in [0.2, 0.25) is 0 Å². The molecule has 0 aromatic carbocycles. The molecule has 0 saturated carbocycles. The molecule has 0 bridgehead atoms. The molecule has 14 heavy (non-hydrogen) atoms. The first kappa shape index (κ1) is 14.8. The third-order valence-electron chi connectivity index (χ3n) is 2.36. The number of unbranched alkanes of at least 4 members (excludes halogenated alkanes) is 8. The van der Waals surface area contributed by atoms with E-state index in [4.69, 9.17) is 0 Å². The largest absolute Gasteiger partial charge is 0.165 e. The summed E-state index contributed by atoms with van der Waals surface area (Å²) < 4.78 is 11.7. The van der Waals surface area contributed by atoms with E-state index in [1.807, 2.05) is 0 Å². The van der Waals surface area contributed by atoms with E-state index in [1.165, 1.54) is 51.4 Å². The van der Waals surface area contributed by atoms with Gasteiger partial charge in [0.05, 0.1) is 0 Å². The molecule has 0 N–H and O–H groups in total. The number of hydrogen-bond acceptors (Lipinski definition) is 1. The SMILES string of the molecule is FSCCCCCCCCCCCBr. The van der Waals surface area contributed by atoms with E-state index in [2.05, 4.69) is 15.9 Å². The topological polar surface area (TPSA) is 0 Å². The van der Waals surface area contributed by atoms with Crippen molar-refractivity contribution in [1.82, 2.24) is 0 Å². The fraction of sp³-hybridized carbons (Fsp3) is 1.00. The van der Waals surface area contributed by atoms with Gasteiger partial charge in [0.2, 0.25) is 0 Å². The highest BCUT2D eigenvalue weighted by molar-refractivity contribution is 9.09. The van der Waals surface area contributed by atoms with E-state index >= 15 is 0 Å². The Balaban J connectivity index is 2.78. The molecule has 0 saturated heterocycles. The van der Waals surface area contributed by atoms with Crippen molar-refractivity contribution in [3.8, 4) is 0 Å². The molecule has 0 spiro atoms. The molecule has 0 aromatic rings. The summed E-state index contributed by atoms with van der Waals surface area (Å²) in [7, 11) is 0. The first-order valence-electron chi connectivity index (χ1n) is 5.71. The van der Waals surface area contributed by atoms with Crippen LogP contribution in [0.15, 0.2) is 0 Å². The molecule has 0 aromatic heterocycles. The third kappa shape index (κ3) is 12.8. The zero-order chi connectivity index (χ0) is 10.5. The van der Waals surface area contributed by atoms with E-state index in [1.54, 1.807) is 0 Å². The normalized spacial score (nSPS) is 10.7. The fourth-order valence-corrected chi connectivity index (χ4v) is 2.20. The van der Waals surface area contributed by atoms with Gasteiger partial charge in [-0.05, 0) is 12.8 Å². The Labute approximate surface area is 101 Å². The first-order valence-corrected chi connectivity index (χ1v) is 7.72. The predicted molar refractivity (Wildman–Crippen MR) is 68.9 cm³/mol. The van der Waals surface area contributed by atoms with Crippen molar-refractivity contribution in [1.29, 1.82) is 0 Å². The maximum Gasteiger partial charge on any atom is 0.0443 e. The van der Waals surface area contributed by atoms with Crippen molar-refractivity contribution in [3.05, 3.63) is 0 Å². The Morgan fingerprint density at radius 3 is 1.57 bits per heavy atom. The number of halogens is 2. The Bertz CT molecular complexity index is 89.3. The molecule has 0 aliphatic rings. The van der Waals surface area contributed by atoms with Gasteiger partial charge in [0.15, 0.2) is 0 Å². The van der Waals surface area contributed by atoms with Crippen molar-refractivity contribution in [2.75, 3.05) is 11.1 Å². The second-order valence-corrected chi connectivity index (χ2v) is 5.10. The lowest BCUT2D eigenvalue weighted by Crippen LogP contribution is -1.83. The predicted octanol–water partition coefficient (Wildman–Crippen LogP) is 5.51. The molecule has 0 amide bonds. The first-order chi connectivity index (χ1) is 6.91. The minimum absolute atomic E-state index is 0.475. The van der Waals surface area contributed by atoms with Crippen LogP contribution < -0.4 is 0 Å². The molecule has 0 unspecified atom stereocenters. The molecule has 3 heteroatoms. The van der Waals surface area contributed by atoms with Crippen LogP contribution in [0.3, 0.4) is 0 Å². The van der Waals surface area contributed by atoms with Gasteiger partial charge in [-0.25, -0.2) is 0 Å². The summed E-state index contributed by atoms with van der Waals surface area (Å²) in [5, 5.41) is 1.15. The number of alkyl halides is 1. The zero-order valence-corrected chi connectivity index (χ0v) is 11.3. The summed E-state index contributed by atoms with van der Waals surface area (Å²) in [4.78, 5) is 0. The van der Waals surface area contributed by atoms with E-state index < -0.39 is 0 Å². The van der Waals surface area contributed by atoms with Gasteiger partial charge in [-0.2, -0.15) is 3.89 Å². The molecule has 0 heterocycles. The van der Waals surface area contributed by atoms with Crippen LogP contribution in [0, 0.1) is 0 Å². The smallest absolute Gasteiger partial charge is 0.0443 e. The molecule has 86 valence electrons. The van der Waals surface area contributed by atoms with Gasteiger partial charge in [0.25, 0.3) is 0 Å². The van der Waals surface area contributed by atoms with Gasteiger partial charge in [-0.1, -0.05) is 60.9 Å². The van der Waals surface area contributed by atoms with Gasteiger partial charge in [-0.15, -0.1) is 0 Å². The minimum atomic E-state index is 0.475. The van der Waals surface area contributed by atoms with E-state index in [9.17, 15) is 3.89 Å². The highest BCUT2D eigenvalue weighted by atomic mass is 79.9. The summed E-state index contributed by atoms with van der Waals surface area (Å²) in [6.07, 6.45) is 11.7. The molecule has 0 fully saturated rings. The average molecular weight is 285 g/mol. The van der Waals surface area contributed by atoms with Crippen LogP contribution in [-0.2, 0) is 0 Å². The van der Waals surface area contributed by atoms with Crippen LogP contribution in [-0.4, -0.2) is 11.1 Å². The van der Waals surface area contributed by atoms with Crippen molar-refractivity contribution in [3.63, 3.8) is 0 Å². The molecule has 0 nitrogen and oxygen atoms in total. The Hall–Kier alpha value is 0.760. The molecule has 0 atom stereocenters. The highest BCUT2D eigenvalue weighted by Gasteiger charge is 1.92. The van der Waals surface area contributed by atoms with Crippen LogP contribution in [0.4, 0.5) is 3.89 Å². The fourth-order valence-electron chi connectivity index (χ4n) is 1.49. The molecule has 0 aliphatic carbocycles. The Morgan fingerprint density at radius 2 is 1.14 bits per heavy atom. The molecular formula is C11H22BrFS. The van der Waals surface area contributed by atoms with Gasteiger partial charge < -0.3 is 0 Å². The van der Waals surface area contributed by atoms with Crippen molar-refractivity contribution < 1.29 is 3.89 Å². The standard InChI is InChI=1S/C11H22BrFS/c12-10-8-6-4-2-1-3-5-7-9-11-14-13/h1-11H2. The van der Waals surface area contributed by atoms with Crippen molar-refractivity contribution in [2.24, 2.45) is 0 Å². The average Bonchev–Trinajstić information content (AvgIpc) is 2.21. The lowest BCUT2D eigenvalue weighted by atomic mass is 10.1. The summed E-state index contributed by atoms with van der Waals surface area (Å²) in [5.41, 5.74) is 0. The number of hydrogen-bond donors (Lipinski definition) is 0. The number of rotatable bonds is 11. The summed E-state index contributed by atoms with van der Waals surface area (Å²) in [5.74, 6) is 0.686. The van der Waals surface area contributed by atoms with Crippen LogP contribution in [0.25, 0.3) is 0 Å². The lowest BCUT2D eigenvalue weighted by molar-refractivity contribution is 0.574. The maximum atomic E-state index is 11.7. The zero-order valence-electron chi connectivity index (χ0n) is 8.94. The van der Waals surface area contributed by atoms with Gasteiger partial charge >= 0.3 is 0 Å². The van der Waals surface area contributed by atoms with Crippen molar-refractivity contribution >= 4 is 28.1 Å². The molecule has 0 radical (unpaired) electrons. The van der Waals surface area contributed by atoms with E-state index in [0.717, 1.165) is 11.8 Å². The van der Waals surface area contributed by atoms with Crippen LogP contribution in [0.1, 0.15) is 57.8 Å². The van der Waals surface area contributed by atoms with Gasteiger partial charge in [-0.3, -0.25) is 0 Å². The highest BCUT2D eigenvalue weighted by Crippen LogP contribution is 2.12. The summed E-state index contributed by atoms with van der Waals surface area (Å²) in [6, 6.07) is 0. The Kier molecular flexibility index (Phi) is 14.5. The van der Waals surface area contributed by atoms with E-state index in [-0.39, 0.29) is 0 Å². The van der Waals surface area contributed by atoms with Gasteiger partial charge in [0.1, 0.15) is 0 Å². The lowest BCUT2D eigenvalue weighted by Gasteiger charge is -2.00. The third-order valence-corrected chi connectivity index (χ3v) is 3.36. The molecule has 0 rings (SSSR count). The monoisotopic (exact) mass is 284 g/mol. The second-order valence-electron chi connectivity index (χ2n) is 3.68. The van der Waals surface area contributed by atoms with Crippen LogP contribution in [0.5, 0.6) is 0 Å². The van der Waals surface area contributed by atoms with E-state index in [0.29, 0.717) is 17.9 Å². The minimum Gasteiger partial charge on any atom is -0.165 e. The molecular weight excluding hydrogens is 263 g/mol. The Morgan fingerprint density at radius 1 is 0.714 bits per heavy atom. The molecule has 0 aliphatic heterocycles. The van der Waals surface area contributed by atoms with Crippen LogP contribution >= 0.6 is 28.1 Å².